The fraction of sp³-hybridized carbons (Fsp3) is 0.440. The van der Waals surface area contributed by atoms with Crippen molar-refractivity contribution in [1.29, 1.82) is 0 Å². The molecule has 0 radical (unpaired) electrons. The number of ether oxygens (including phenoxy) is 2. The molecule has 0 aliphatic carbocycles. The lowest BCUT2D eigenvalue weighted by molar-refractivity contribution is 0.0126. The highest BCUT2D eigenvalue weighted by Gasteiger charge is 2.28. The summed E-state index contributed by atoms with van der Waals surface area (Å²) in [6.07, 6.45) is 1.30. The molecule has 3 amide bonds. The Balaban J connectivity index is 1.23. The number of piperidine rings is 1. The molecule has 7 heteroatoms. The van der Waals surface area contributed by atoms with Crippen molar-refractivity contribution in [2.45, 2.75) is 58.4 Å². The summed E-state index contributed by atoms with van der Waals surface area (Å²) >= 11 is 0. The summed E-state index contributed by atoms with van der Waals surface area (Å²) in [6, 6.07) is 15.5. The van der Waals surface area contributed by atoms with Crippen molar-refractivity contribution in [3.63, 3.8) is 0 Å². The number of hydrogen-bond acceptors (Lipinski definition) is 4. The van der Waals surface area contributed by atoms with E-state index >= 15 is 0 Å². The summed E-state index contributed by atoms with van der Waals surface area (Å²) in [5.41, 5.74) is 2.65. The van der Waals surface area contributed by atoms with Crippen molar-refractivity contribution >= 4 is 17.8 Å². The third-order valence-corrected chi connectivity index (χ3v) is 5.63. The first-order chi connectivity index (χ1) is 15.3. The number of anilines is 1. The number of hydrogen-bond donors (Lipinski definition) is 1. The van der Waals surface area contributed by atoms with Crippen LogP contribution < -0.4 is 10.1 Å². The highest BCUT2D eigenvalue weighted by Crippen LogP contribution is 2.25. The van der Waals surface area contributed by atoms with Gasteiger partial charge in [0, 0.05) is 44.7 Å². The predicted octanol–water partition coefficient (Wildman–Crippen LogP) is 5.01. The SMILES string of the molecule is CC(C)(C)OC(=O)N1CCC(Oc2ccc(NC(=O)N3Cc4ccccc4C3)cc2)CC1. The number of urea groups is 1. The Morgan fingerprint density at radius 3 is 2.06 bits per heavy atom. The van der Waals surface area contributed by atoms with Crippen LogP contribution in [0.3, 0.4) is 0 Å². The number of carbonyl (C=O) groups is 2. The predicted molar refractivity (Wildman–Crippen MR) is 123 cm³/mol. The molecule has 0 aromatic heterocycles. The molecule has 0 saturated carbocycles. The fourth-order valence-corrected chi connectivity index (χ4v) is 3.97. The summed E-state index contributed by atoms with van der Waals surface area (Å²) in [5.74, 6) is 0.757. The normalized spacial score (nSPS) is 16.5. The maximum atomic E-state index is 12.6. The van der Waals surface area contributed by atoms with Crippen molar-refractivity contribution in [2.75, 3.05) is 18.4 Å². The third kappa shape index (κ3) is 5.52. The maximum absolute atomic E-state index is 12.6. The quantitative estimate of drug-likeness (QED) is 0.733. The van der Waals surface area contributed by atoms with E-state index in [9.17, 15) is 9.59 Å². The van der Waals surface area contributed by atoms with E-state index in [0.29, 0.717) is 26.2 Å². The van der Waals surface area contributed by atoms with Crippen molar-refractivity contribution in [1.82, 2.24) is 9.80 Å². The van der Waals surface area contributed by atoms with Gasteiger partial charge in [-0.05, 0) is 56.2 Å². The molecule has 1 N–H and O–H groups in total. The standard InChI is InChI=1S/C25H31N3O4/c1-25(2,3)32-24(30)27-14-12-22(13-15-27)31-21-10-8-20(9-11-21)26-23(29)28-16-18-6-4-5-7-19(18)17-28/h4-11,22H,12-17H2,1-3H3,(H,26,29). The molecule has 2 aromatic carbocycles. The van der Waals surface area contributed by atoms with Crippen molar-refractivity contribution in [2.24, 2.45) is 0 Å². The molecule has 2 aromatic rings. The molecule has 0 bridgehead atoms. The van der Waals surface area contributed by atoms with Gasteiger partial charge in [-0.1, -0.05) is 24.3 Å². The van der Waals surface area contributed by atoms with Gasteiger partial charge in [0.05, 0.1) is 0 Å². The molecule has 7 nitrogen and oxygen atoms in total. The largest absolute Gasteiger partial charge is 0.490 e. The topological polar surface area (TPSA) is 71.1 Å². The number of likely N-dealkylation sites (tertiary alicyclic amines) is 1. The molecule has 0 unspecified atom stereocenters. The van der Waals surface area contributed by atoms with E-state index in [1.807, 2.05) is 57.2 Å². The molecule has 2 aliphatic heterocycles. The van der Waals surface area contributed by atoms with E-state index < -0.39 is 5.60 Å². The zero-order chi connectivity index (χ0) is 22.7. The summed E-state index contributed by atoms with van der Waals surface area (Å²) < 4.78 is 11.5. The van der Waals surface area contributed by atoms with Gasteiger partial charge in [-0.15, -0.1) is 0 Å². The second-order valence-corrected chi connectivity index (χ2v) is 9.36. The van der Waals surface area contributed by atoms with Crippen LogP contribution in [0.2, 0.25) is 0 Å². The number of rotatable bonds is 3. The number of amides is 3. The minimum atomic E-state index is -0.486. The summed E-state index contributed by atoms with van der Waals surface area (Å²) in [4.78, 5) is 28.3. The Bertz CT molecular complexity index is 935. The van der Waals surface area contributed by atoms with Gasteiger partial charge in [-0.3, -0.25) is 0 Å². The van der Waals surface area contributed by atoms with Gasteiger partial charge >= 0.3 is 12.1 Å². The third-order valence-electron chi connectivity index (χ3n) is 5.63. The molecule has 1 fully saturated rings. The van der Waals surface area contributed by atoms with Crippen LogP contribution in [-0.2, 0) is 17.8 Å². The van der Waals surface area contributed by atoms with Crippen LogP contribution >= 0.6 is 0 Å². The van der Waals surface area contributed by atoms with Crippen LogP contribution in [0, 0.1) is 0 Å². The average Bonchev–Trinajstić information content (AvgIpc) is 3.19. The minimum Gasteiger partial charge on any atom is -0.490 e. The first-order valence-corrected chi connectivity index (χ1v) is 11.1. The smallest absolute Gasteiger partial charge is 0.410 e. The Labute approximate surface area is 189 Å². The van der Waals surface area contributed by atoms with E-state index in [2.05, 4.69) is 17.4 Å². The molecule has 170 valence electrons. The molecular formula is C25H31N3O4. The van der Waals surface area contributed by atoms with Crippen LogP contribution in [0.25, 0.3) is 0 Å². The Hall–Kier alpha value is -3.22. The first kappa shape index (κ1) is 22.0. The van der Waals surface area contributed by atoms with Gasteiger partial charge < -0.3 is 24.6 Å². The molecule has 1 saturated heterocycles. The van der Waals surface area contributed by atoms with Crippen LogP contribution in [-0.4, -0.2) is 46.7 Å². The van der Waals surface area contributed by atoms with Gasteiger partial charge in [-0.25, -0.2) is 9.59 Å². The van der Waals surface area contributed by atoms with Crippen molar-refractivity contribution < 1.29 is 19.1 Å². The lowest BCUT2D eigenvalue weighted by Gasteiger charge is -2.33. The van der Waals surface area contributed by atoms with Gasteiger partial charge in [0.1, 0.15) is 17.5 Å². The number of fused-ring (bicyclic) bond motifs is 1. The zero-order valence-corrected chi connectivity index (χ0v) is 19.0. The maximum Gasteiger partial charge on any atom is 0.410 e. The molecule has 0 atom stereocenters. The Morgan fingerprint density at radius 2 is 1.50 bits per heavy atom. The molecular weight excluding hydrogens is 406 g/mol. The van der Waals surface area contributed by atoms with E-state index in [-0.39, 0.29) is 18.2 Å². The van der Waals surface area contributed by atoms with E-state index in [0.717, 1.165) is 24.3 Å². The average molecular weight is 438 g/mol. The number of nitrogens with zero attached hydrogens (tertiary/aromatic N) is 2. The second kappa shape index (κ2) is 9.10. The molecule has 0 spiro atoms. The highest BCUT2D eigenvalue weighted by molar-refractivity contribution is 5.89. The van der Waals surface area contributed by atoms with Crippen LogP contribution in [0.4, 0.5) is 15.3 Å². The monoisotopic (exact) mass is 437 g/mol. The second-order valence-electron chi connectivity index (χ2n) is 9.36. The van der Waals surface area contributed by atoms with Crippen LogP contribution in [0.5, 0.6) is 5.75 Å². The highest BCUT2D eigenvalue weighted by atomic mass is 16.6. The van der Waals surface area contributed by atoms with Crippen molar-refractivity contribution in [3.05, 3.63) is 59.7 Å². The first-order valence-electron chi connectivity index (χ1n) is 11.1. The number of benzene rings is 2. The minimum absolute atomic E-state index is 0.0530. The lowest BCUT2D eigenvalue weighted by atomic mass is 10.1. The van der Waals surface area contributed by atoms with E-state index in [1.54, 1.807) is 9.80 Å². The zero-order valence-electron chi connectivity index (χ0n) is 19.0. The Morgan fingerprint density at radius 1 is 0.906 bits per heavy atom. The summed E-state index contributed by atoms with van der Waals surface area (Å²) in [7, 11) is 0. The van der Waals surface area contributed by atoms with Crippen LogP contribution in [0.1, 0.15) is 44.7 Å². The molecule has 4 rings (SSSR count). The van der Waals surface area contributed by atoms with Crippen LogP contribution in [0.15, 0.2) is 48.5 Å². The lowest BCUT2D eigenvalue weighted by Crippen LogP contribution is -2.44. The van der Waals surface area contributed by atoms with Gasteiger partial charge in [0.15, 0.2) is 0 Å². The van der Waals surface area contributed by atoms with E-state index in [4.69, 9.17) is 9.47 Å². The molecule has 2 aliphatic rings. The fourth-order valence-electron chi connectivity index (χ4n) is 3.97. The van der Waals surface area contributed by atoms with Crippen molar-refractivity contribution in [3.8, 4) is 5.75 Å². The molecule has 2 heterocycles. The van der Waals surface area contributed by atoms with Gasteiger partial charge in [0.25, 0.3) is 0 Å². The van der Waals surface area contributed by atoms with Gasteiger partial charge in [-0.2, -0.15) is 0 Å². The van der Waals surface area contributed by atoms with Gasteiger partial charge in [0.2, 0.25) is 0 Å². The Kier molecular flexibility index (Phi) is 6.26. The number of carbonyl (C=O) groups excluding carboxylic acids is 2. The van der Waals surface area contributed by atoms with E-state index in [1.165, 1.54) is 11.1 Å². The number of nitrogens with one attached hydrogen (secondary N) is 1. The summed E-state index contributed by atoms with van der Waals surface area (Å²) in [5, 5.41) is 2.96. The molecule has 32 heavy (non-hydrogen) atoms. The summed E-state index contributed by atoms with van der Waals surface area (Å²) in [6.45, 7) is 8.11.